The van der Waals surface area contributed by atoms with Crippen molar-refractivity contribution in [3.63, 3.8) is 0 Å². The Hall–Kier alpha value is -4.42. The summed E-state index contributed by atoms with van der Waals surface area (Å²) in [6.07, 6.45) is 1.84. The number of thiocarbonyl (C=S) groups is 1. The van der Waals surface area contributed by atoms with Gasteiger partial charge in [-0.05, 0) is 117 Å². The fraction of sp³-hybridized carbons (Fsp3) is 0.176. The van der Waals surface area contributed by atoms with E-state index in [2.05, 4.69) is 84.9 Å². The molecule has 1 N–H and O–H groups in total. The second kappa shape index (κ2) is 10.6. The van der Waals surface area contributed by atoms with Gasteiger partial charge < -0.3 is 19.5 Å². The lowest BCUT2D eigenvalue weighted by molar-refractivity contribution is 0.482. The van der Waals surface area contributed by atoms with Gasteiger partial charge in [0.2, 0.25) is 0 Å². The van der Waals surface area contributed by atoms with Crippen molar-refractivity contribution in [1.82, 2.24) is 14.9 Å². The molecule has 2 atom stereocenters. The molecule has 3 heterocycles. The first-order chi connectivity index (χ1) is 19.4. The molecule has 0 spiro atoms. The maximum Gasteiger partial charge on any atom is 0.174 e. The van der Waals surface area contributed by atoms with Crippen LogP contribution in [0.1, 0.15) is 45.9 Å². The Balaban J connectivity index is 1.44. The fourth-order valence-corrected chi connectivity index (χ4v) is 6.01. The number of hydrogen-bond donors (Lipinski definition) is 1. The molecule has 5 aromatic rings. The number of para-hydroxylation sites is 1. The van der Waals surface area contributed by atoms with Gasteiger partial charge in [0.05, 0.1) is 17.8 Å². The van der Waals surface area contributed by atoms with Crippen LogP contribution in [0.3, 0.4) is 0 Å². The fourth-order valence-electron chi connectivity index (χ4n) is 5.67. The molecule has 3 aromatic carbocycles. The molecule has 6 rings (SSSR count). The smallest absolute Gasteiger partial charge is 0.174 e. The highest BCUT2D eigenvalue weighted by atomic mass is 32.1. The van der Waals surface area contributed by atoms with Gasteiger partial charge in [-0.1, -0.05) is 36.4 Å². The summed E-state index contributed by atoms with van der Waals surface area (Å²) < 4.78 is 8.42. The molecule has 0 amide bonds. The van der Waals surface area contributed by atoms with E-state index >= 15 is 0 Å². The lowest BCUT2D eigenvalue weighted by Crippen LogP contribution is -2.29. The summed E-state index contributed by atoms with van der Waals surface area (Å²) in [5.41, 5.74) is 9.23. The van der Waals surface area contributed by atoms with Crippen molar-refractivity contribution < 1.29 is 4.74 Å². The van der Waals surface area contributed by atoms with Crippen molar-refractivity contribution in [2.24, 2.45) is 0 Å². The predicted octanol–water partition coefficient (Wildman–Crippen LogP) is 8.08. The van der Waals surface area contributed by atoms with Crippen molar-refractivity contribution in [3.05, 3.63) is 137 Å². The van der Waals surface area contributed by atoms with Crippen LogP contribution in [0.4, 0.5) is 5.69 Å². The number of nitrogens with one attached hydrogen (secondary N) is 1. The van der Waals surface area contributed by atoms with Crippen LogP contribution in [-0.2, 0) is 0 Å². The third-order valence-electron chi connectivity index (χ3n) is 7.59. The second-order valence-electron chi connectivity index (χ2n) is 10.4. The van der Waals surface area contributed by atoms with E-state index < -0.39 is 0 Å². The van der Waals surface area contributed by atoms with Crippen LogP contribution in [0, 0.1) is 27.7 Å². The number of anilines is 1. The molecule has 0 radical (unpaired) electrons. The van der Waals surface area contributed by atoms with Crippen LogP contribution in [-0.4, -0.2) is 14.7 Å². The maximum atomic E-state index is 6.05. The average molecular weight is 545 g/mol. The number of nitrogens with zero attached hydrogens (tertiary/aromatic N) is 3. The summed E-state index contributed by atoms with van der Waals surface area (Å²) in [5, 5.41) is 4.27. The number of pyridine rings is 1. The highest BCUT2D eigenvalue weighted by molar-refractivity contribution is 7.80. The number of benzene rings is 3. The summed E-state index contributed by atoms with van der Waals surface area (Å²) in [6, 6.07) is 32.7. The van der Waals surface area contributed by atoms with E-state index in [9.17, 15) is 0 Å². The van der Waals surface area contributed by atoms with Crippen LogP contribution in [0.5, 0.6) is 11.5 Å². The van der Waals surface area contributed by atoms with Crippen molar-refractivity contribution in [2.45, 2.75) is 39.8 Å². The van der Waals surface area contributed by atoms with Gasteiger partial charge in [-0.3, -0.25) is 4.98 Å². The van der Waals surface area contributed by atoms with E-state index in [0.717, 1.165) is 22.9 Å². The third-order valence-corrected chi connectivity index (χ3v) is 7.90. The molecule has 1 aliphatic rings. The average Bonchev–Trinajstić information content (AvgIpc) is 3.46. The molecule has 1 saturated heterocycles. The Bertz CT molecular complexity index is 1660. The summed E-state index contributed by atoms with van der Waals surface area (Å²) >= 11 is 5.98. The van der Waals surface area contributed by atoms with Gasteiger partial charge in [-0.15, -0.1) is 0 Å². The zero-order valence-corrected chi connectivity index (χ0v) is 23.9. The molecule has 1 fully saturated rings. The Morgan fingerprint density at radius 3 is 2.25 bits per heavy atom. The predicted molar refractivity (Wildman–Crippen MR) is 166 cm³/mol. The van der Waals surface area contributed by atoms with E-state index in [1.54, 1.807) is 0 Å². The lowest BCUT2D eigenvalue weighted by atomic mass is 9.96. The molecule has 1 aliphatic heterocycles. The first-order valence-corrected chi connectivity index (χ1v) is 13.9. The maximum absolute atomic E-state index is 6.05. The van der Waals surface area contributed by atoms with Crippen molar-refractivity contribution >= 4 is 23.0 Å². The van der Waals surface area contributed by atoms with Crippen LogP contribution in [0.25, 0.3) is 5.69 Å². The molecule has 0 aliphatic carbocycles. The third kappa shape index (κ3) is 4.75. The minimum Gasteiger partial charge on any atom is -0.457 e. The van der Waals surface area contributed by atoms with E-state index in [1.165, 1.54) is 33.8 Å². The number of aryl methyl sites for hydroxylation is 3. The zero-order chi connectivity index (χ0) is 27.8. The Morgan fingerprint density at radius 1 is 0.800 bits per heavy atom. The first-order valence-electron chi connectivity index (χ1n) is 13.5. The van der Waals surface area contributed by atoms with Gasteiger partial charge >= 0.3 is 0 Å². The molecule has 5 nitrogen and oxygen atoms in total. The van der Waals surface area contributed by atoms with Crippen LogP contribution in [0.2, 0.25) is 0 Å². The van der Waals surface area contributed by atoms with Gasteiger partial charge in [0.15, 0.2) is 5.11 Å². The number of hydrogen-bond acceptors (Lipinski definition) is 3. The molecular weight excluding hydrogens is 512 g/mol. The van der Waals surface area contributed by atoms with E-state index in [4.69, 9.17) is 21.9 Å². The normalized spacial score (nSPS) is 16.7. The molecule has 0 unspecified atom stereocenters. The number of ether oxygens (including phenoxy) is 1. The zero-order valence-electron chi connectivity index (χ0n) is 23.1. The minimum atomic E-state index is -0.110. The monoisotopic (exact) mass is 544 g/mol. The number of aromatic nitrogens is 2. The van der Waals surface area contributed by atoms with Crippen LogP contribution < -0.4 is 15.0 Å². The number of rotatable bonds is 6. The largest absolute Gasteiger partial charge is 0.457 e. The van der Waals surface area contributed by atoms with Gasteiger partial charge in [-0.2, -0.15) is 0 Å². The SMILES string of the molecule is Cc1ccc(C)c(-n2c(C)cc([C@@H]3[C@@H](c4ccccn4)NC(=S)N3c3ccc(Oc4ccccc4)cc3)c2C)c1. The highest BCUT2D eigenvalue weighted by Gasteiger charge is 2.42. The van der Waals surface area contributed by atoms with E-state index in [0.29, 0.717) is 5.11 Å². The second-order valence-corrected chi connectivity index (χ2v) is 10.7. The minimum absolute atomic E-state index is 0.0895. The van der Waals surface area contributed by atoms with Crippen LogP contribution in [0.15, 0.2) is 103 Å². The summed E-state index contributed by atoms with van der Waals surface area (Å²) in [7, 11) is 0. The molecule has 0 bridgehead atoms. The van der Waals surface area contributed by atoms with Crippen LogP contribution >= 0.6 is 12.2 Å². The highest BCUT2D eigenvalue weighted by Crippen LogP contribution is 2.44. The van der Waals surface area contributed by atoms with Gasteiger partial charge in [0.1, 0.15) is 11.5 Å². The standard InChI is InChI=1S/C34H32N4OS/c1-22-13-14-23(2)31(20-22)37-24(3)21-29(25(37)4)33-32(30-12-8-9-19-35-30)36-34(40)38(33)26-15-17-28(18-16-26)39-27-10-6-5-7-11-27/h5-21,32-33H,1-4H3,(H,36,40)/t32-,33-/m1/s1. The summed E-state index contributed by atoms with van der Waals surface area (Å²) in [6.45, 7) is 8.69. The van der Waals surface area contributed by atoms with Crippen molar-refractivity contribution in [2.75, 3.05) is 4.90 Å². The summed E-state index contributed by atoms with van der Waals surface area (Å²) in [4.78, 5) is 6.95. The Labute approximate surface area is 241 Å². The summed E-state index contributed by atoms with van der Waals surface area (Å²) in [5.74, 6) is 1.58. The van der Waals surface area contributed by atoms with Gasteiger partial charge in [0, 0.05) is 29.0 Å². The van der Waals surface area contributed by atoms with Crippen molar-refractivity contribution in [1.29, 1.82) is 0 Å². The molecular formula is C34H32N4OS. The van der Waals surface area contributed by atoms with Gasteiger partial charge in [0.25, 0.3) is 0 Å². The lowest BCUT2D eigenvalue weighted by Gasteiger charge is -2.28. The Kier molecular flexibility index (Phi) is 6.86. The molecule has 2 aromatic heterocycles. The van der Waals surface area contributed by atoms with Gasteiger partial charge in [-0.25, -0.2) is 0 Å². The molecule has 200 valence electrons. The molecule has 6 heteroatoms. The first kappa shape index (κ1) is 25.8. The topological polar surface area (TPSA) is 42.3 Å². The van der Waals surface area contributed by atoms with E-state index in [-0.39, 0.29) is 12.1 Å². The Morgan fingerprint density at radius 2 is 1.52 bits per heavy atom. The quantitative estimate of drug-likeness (QED) is 0.219. The van der Waals surface area contributed by atoms with Crippen molar-refractivity contribution in [3.8, 4) is 17.2 Å². The van der Waals surface area contributed by atoms with E-state index in [1.807, 2.05) is 60.8 Å². The molecule has 0 saturated carbocycles. The molecule has 40 heavy (non-hydrogen) atoms.